The summed E-state index contributed by atoms with van der Waals surface area (Å²) in [5.74, 6) is 2.09. The highest BCUT2D eigenvalue weighted by molar-refractivity contribution is 5.11. The van der Waals surface area contributed by atoms with Crippen LogP contribution in [0.5, 0.6) is 0 Å². The van der Waals surface area contributed by atoms with E-state index < -0.39 is 0 Å². The molecular formula is C21H31N5O. The maximum Gasteiger partial charge on any atom is 0.131 e. The zero-order valence-corrected chi connectivity index (χ0v) is 16.1. The molecule has 1 saturated heterocycles. The molecule has 6 nitrogen and oxygen atoms in total. The normalized spacial score (nSPS) is 22.2. The van der Waals surface area contributed by atoms with E-state index in [9.17, 15) is 0 Å². The van der Waals surface area contributed by atoms with Crippen LogP contribution in [0.15, 0.2) is 24.7 Å². The van der Waals surface area contributed by atoms with E-state index in [1.165, 1.54) is 50.5 Å². The van der Waals surface area contributed by atoms with Crippen LogP contribution in [-0.2, 0) is 13.1 Å². The average Bonchev–Trinajstić information content (AvgIpc) is 3.19. The van der Waals surface area contributed by atoms with Gasteiger partial charge in [-0.15, -0.1) is 0 Å². The van der Waals surface area contributed by atoms with Gasteiger partial charge in [0.05, 0.1) is 18.8 Å². The smallest absolute Gasteiger partial charge is 0.131 e. The predicted molar refractivity (Wildman–Crippen MR) is 104 cm³/mol. The highest BCUT2D eigenvalue weighted by atomic mass is 16.3. The van der Waals surface area contributed by atoms with Gasteiger partial charge in [-0.05, 0) is 38.3 Å². The average molecular weight is 370 g/mol. The lowest BCUT2D eigenvalue weighted by molar-refractivity contribution is 0.197. The van der Waals surface area contributed by atoms with E-state index >= 15 is 0 Å². The van der Waals surface area contributed by atoms with Gasteiger partial charge in [0, 0.05) is 49.1 Å². The van der Waals surface area contributed by atoms with Crippen molar-refractivity contribution in [3.05, 3.63) is 41.7 Å². The third kappa shape index (κ3) is 4.74. The van der Waals surface area contributed by atoms with E-state index in [1.54, 1.807) is 0 Å². The van der Waals surface area contributed by atoms with Crippen LogP contribution in [0.2, 0.25) is 0 Å². The van der Waals surface area contributed by atoms with E-state index in [2.05, 4.69) is 16.1 Å². The molecule has 2 fully saturated rings. The number of rotatable bonds is 6. The van der Waals surface area contributed by atoms with Crippen molar-refractivity contribution < 1.29 is 5.11 Å². The lowest BCUT2D eigenvalue weighted by Crippen LogP contribution is -2.34. The second-order valence-corrected chi connectivity index (χ2v) is 8.09. The molecule has 3 heterocycles. The second-order valence-electron chi connectivity index (χ2n) is 8.09. The van der Waals surface area contributed by atoms with Crippen molar-refractivity contribution in [2.75, 3.05) is 19.7 Å². The van der Waals surface area contributed by atoms with Gasteiger partial charge in [0.1, 0.15) is 5.82 Å². The largest absolute Gasteiger partial charge is 0.394 e. The Morgan fingerprint density at radius 3 is 2.56 bits per heavy atom. The fourth-order valence-electron chi connectivity index (χ4n) is 4.54. The molecule has 1 saturated carbocycles. The standard InChI is InChI=1S/C21H31N5O/c27-12-11-26-10-8-20(24-26)19-7-4-9-25(16-19)15-17-13-22-21(23-14-17)18-5-2-1-3-6-18/h8,10,13-14,18-19,27H,1-7,9,11-12,15-16H2/t19-/m0/s1. The van der Waals surface area contributed by atoms with Crippen molar-refractivity contribution in [1.82, 2.24) is 24.6 Å². The molecule has 0 amide bonds. The lowest BCUT2D eigenvalue weighted by Gasteiger charge is -2.31. The minimum atomic E-state index is 0.134. The van der Waals surface area contributed by atoms with Gasteiger partial charge in [0.2, 0.25) is 0 Å². The molecule has 2 aromatic rings. The third-order valence-electron chi connectivity index (χ3n) is 6.02. The molecule has 27 heavy (non-hydrogen) atoms. The number of likely N-dealkylation sites (tertiary alicyclic amines) is 1. The van der Waals surface area contributed by atoms with E-state index in [4.69, 9.17) is 15.1 Å². The van der Waals surface area contributed by atoms with Crippen LogP contribution >= 0.6 is 0 Å². The summed E-state index contributed by atoms with van der Waals surface area (Å²) >= 11 is 0. The molecular weight excluding hydrogens is 338 g/mol. The molecule has 1 aliphatic heterocycles. The second kappa shape index (κ2) is 8.93. The molecule has 1 aliphatic carbocycles. The first-order valence-electron chi connectivity index (χ1n) is 10.5. The number of piperidine rings is 1. The Morgan fingerprint density at radius 2 is 1.78 bits per heavy atom. The van der Waals surface area contributed by atoms with Crippen LogP contribution in [-0.4, -0.2) is 49.5 Å². The van der Waals surface area contributed by atoms with E-state index in [0.29, 0.717) is 18.4 Å². The summed E-state index contributed by atoms with van der Waals surface area (Å²) in [6.07, 6.45) is 14.9. The minimum absolute atomic E-state index is 0.134. The minimum Gasteiger partial charge on any atom is -0.394 e. The fraction of sp³-hybridized carbons (Fsp3) is 0.667. The molecule has 2 aliphatic rings. The Labute approximate surface area is 161 Å². The molecule has 1 N–H and O–H groups in total. The summed E-state index contributed by atoms with van der Waals surface area (Å²) in [5.41, 5.74) is 2.36. The van der Waals surface area contributed by atoms with Crippen LogP contribution in [0.25, 0.3) is 0 Å². The third-order valence-corrected chi connectivity index (χ3v) is 6.02. The van der Waals surface area contributed by atoms with Crippen molar-refractivity contribution in [2.24, 2.45) is 0 Å². The lowest BCUT2D eigenvalue weighted by atomic mass is 9.89. The molecule has 0 bridgehead atoms. The van der Waals surface area contributed by atoms with Gasteiger partial charge < -0.3 is 5.11 Å². The Bertz CT molecular complexity index is 708. The molecule has 4 rings (SSSR count). The number of aromatic nitrogens is 4. The van der Waals surface area contributed by atoms with Gasteiger partial charge >= 0.3 is 0 Å². The van der Waals surface area contributed by atoms with E-state index in [0.717, 1.165) is 31.2 Å². The summed E-state index contributed by atoms with van der Waals surface area (Å²) < 4.78 is 1.84. The van der Waals surface area contributed by atoms with Gasteiger partial charge in [0.15, 0.2) is 0 Å². The SMILES string of the molecule is OCCn1ccc([C@H]2CCCN(Cc3cnc(C4CCCCC4)nc3)C2)n1. The molecule has 1 atom stereocenters. The van der Waals surface area contributed by atoms with Crippen molar-refractivity contribution in [2.45, 2.75) is 69.9 Å². The van der Waals surface area contributed by atoms with Crippen LogP contribution in [0.1, 0.15) is 73.9 Å². The first kappa shape index (κ1) is 18.6. The summed E-state index contributed by atoms with van der Waals surface area (Å²) in [7, 11) is 0. The molecule has 0 radical (unpaired) electrons. The van der Waals surface area contributed by atoms with Crippen molar-refractivity contribution in [3.8, 4) is 0 Å². The Morgan fingerprint density at radius 1 is 1.00 bits per heavy atom. The molecule has 0 unspecified atom stereocenters. The molecule has 2 aromatic heterocycles. The number of hydrogen-bond acceptors (Lipinski definition) is 5. The Hall–Kier alpha value is -1.79. The Kier molecular flexibility index (Phi) is 6.14. The van der Waals surface area contributed by atoms with Gasteiger partial charge in [-0.25, -0.2) is 9.97 Å². The maximum absolute atomic E-state index is 9.07. The monoisotopic (exact) mass is 369 g/mol. The van der Waals surface area contributed by atoms with Crippen molar-refractivity contribution in [1.29, 1.82) is 0 Å². The highest BCUT2D eigenvalue weighted by Gasteiger charge is 2.24. The van der Waals surface area contributed by atoms with Crippen LogP contribution < -0.4 is 0 Å². The maximum atomic E-state index is 9.07. The molecule has 0 aromatic carbocycles. The van der Waals surface area contributed by atoms with Gasteiger partial charge in [0.25, 0.3) is 0 Å². The van der Waals surface area contributed by atoms with Crippen LogP contribution in [0, 0.1) is 0 Å². The molecule has 0 spiro atoms. The summed E-state index contributed by atoms with van der Waals surface area (Å²) in [6.45, 7) is 3.77. The zero-order chi connectivity index (χ0) is 18.5. The number of aliphatic hydroxyl groups is 1. The number of hydrogen-bond donors (Lipinski definition) is 1. The van der Waals surface area contributed by atoms with Crippen molar-refractivity contribution >= 4 is 0 Å². The first-order chi connectivity index (χ1) is 13.3. The first-order valence-corrected chi connectivity index (χ1v) is 10.5. The Balaban J connectivity index is 1.34. The summed E-state index contributed by atoms with van der Waals surface area (Å²) in [6, 6.07) is 2.10. The van der Waals surface area contributed by atoms with E-state index in [-0.39, 0.29) is 6.61 Å². The summed E-state index contributed by atoms with van der Waals surface area (Å²) in [5, 5.41) is 13.7. The topological polar surface area (TPSA) is 67.1 Å². The van der Waals surface area contributed by atoms with Gasteiger partial charge in [-0.3, -0.25) is 9.58 Å². The highest BCUT2D eigenvalue weighted by Crippen LogP contribution is 2.30. The number of aliphatic hydroxyl groups excluding tert-OH is 1. The van der Waals surface area contributed by atoms with Crippen LogP contribution in [0.4, 0.5) is 0 Å². The van der Waals surface area contributed by atoms with Crippen LogP contribution in [0.3, 0.4) is 0 Å². The van der Waals surface area contributed by atoms with E-state index in [1.807, 2.05) is 23.3 Å². The summed E-state index contributed by atoms with van der Waals surface area (Å²) in [4.78, 5) is 11.9. The van der Waals surface area contributed by atoms with Gasteiger partial charge in [-0.2, -0.15) is 5.10 Å². The zero-order valence-electron chi connectivity index (χ0n) is 16.1. The molecule has 146 valence electrons. The predicted octanol–water partition coefficient (Wildman–Crippen LogP) is 3.09. The van der Waals surface area contributed by atoms with Gasteiger partial charge in [-0.1, -0.05) is 19.3 Å². The number of nitrogens with zero attached hydrogens (tertiary/aromatic N) is 5. The quantitative estimate of drug-likeness (QED) is 0.847. The molecule has 6 heteroatoms. The fourth-order valence-corrected chi connectivity index (χ4v) is 4.54. The van der Waals surface area contributed by atoms with Crippen molar-refractivity contribution in [3.63, 3.8) is 0 Å².